The molecule has 1 aromatic rings. The van der Waals surface area contributed by atoms with Crippen LogP contribution in [0.5, 0.6) is 0 Å². The third-order valence-electron chi connectivity index (χ3n) is 3.40. The third kappa shape index (κ3) is 3.17. The number of hydrogen-bond donors (Lipinski definition) is 1. The first-order valence-electron chi connectivity index (χ1n) is 6.87. The number of fused-ring (bicyclic) bond motifs is 1. The maximum absolute atomic E-state index is 12.0. The van der Waals surface area contributed by atoms with E-state index < -0.39 is 0 Å². The summed E-state index contributed by atoms with van der Waals surface area (Å²) in [5.41, 5.74) is 2.80. The van der Waals surface area contributed by atoms with Gasteiger partial charge in [-0.05, 0) is 30.2 Å². The predicted octanol–water partition coefficient (Wildman–Crippen LogP) is 1.96. The minimum Gasteiger partial charge on any atom is -0.383 e. The Bertz CT molecular complexity index is 514. The second-order valence-electron chi connectivity index (χ2n) is 4.78. The van der Waals surface area contributed by atoms with Crippen LogP contribution in [0.1, 0.15) is 25.3 Å². The summed E-state index contributed by atoms with van der Waals surface area (Å²) >= 11 is 0. The first-order valence-corrected chi connectivity index (χ1v) is 6.87. The van der Waals surface area contributed by atoms with Crippen LogP contribution in [0, 0.1) is 0 Å². The summed E-state index contributed by atoms with van der Waals surface area (Å²) in [7, 11) is 1.62. The number of nitrogens with one attached hydrogen (secondary N) is 1. The van der Waals surface area contributed by atoms with Crippen LogP contribution >= 0.6 is 0 Å². The average Bonchev–Trinajstić information content (AvgIpc) is 2.46. The average molecular weight is 276 g/mol. The molecular formula is C15H20N2O3. The molecule has 0 atom stereocenters. The first kappa shape index (κ1) is 14.5. The molecule has 0 unspecified atom stereocenters. The number of nitrogens with zero attached hydrogens (tertiary/aromatic N) is 1. The van der Waals surface area contributed by atoms with Crippen molar-refractivity contribution in [3.63, 3.8) is 0 Å². The standard InChI is InChI=1S/C15H20N2O3/c1-3-14(18)16-12-5-6-13-11(10-12)4-7-15(19)17(13)8-9-20-2/h5-6,10H,3-4,7-9H2,1-2H3,(H,16,18). The second-order valence-corrected chi connectivity index (χ2v) is 4.78. The molecule has 2 amide bonds. The van der Waals surface area contributed by atoms with E-state index in [1.165, 1.54) is 0 Å². The SMILES string of the molecule is CCC(=O)Nc1ccc2c(c1)CCC(=O)N2CCOC. The normalized spacial score (nSPS) is 14.1. The molecule has 20 heavy (non-hydrogen) atoms. The molecule has 1 heterocycles. The maximum Gasteiger partial charge on any atom is 0.227 e. The molecule has 0 aromatic heterocycles. The summed E-state index contributed by atoms with van der Waals surface area (Å²) in [5.74, 6) is 0.118. The first-order chi connectivity index (χ1) is 9.65. The molecule has 1 N–H and O–H groups in total. The Balaban J connectivity index is 2.21. The zero-order valence-corrected chi connectivity index (χ0v) is 11.9. The number of carbonyl (C=O) groups excluding carboxylic acids is 2. The fourth-order valence-corrected chi connectivity index (χ4v) is 2.31. The number of hydrogen-bond acceptors (Lipinski definition) is 3. The van der Waals surface area contributed by atoms with Crippen LogP contribution in [0.3, 0.4) is 0 Å². The lowest BCUT2D eigenvalue weighted by Crippen LogP contribution is -2.37. The number of amides is 2. The lowest BCUT2D eigenvalue weighted by Gasteiger charge is -2.29. The van der Waals surface area contributed by atoms with Crippen molar-refractivity contribution in [3.05, 3.63) is 23.8 Å². The van der Waals surface area contributed by atoms with E-state index in [0.29, 0.717) is 32.4 Å². The van der Waals surface area contributed by atoms with Crippen molar-refractivity contribution in [1.29, 1.82) is 0 Å². The topological polar surface area (TPSA) is 58.6 Å². The Morgan fingerprint density at radius 1 is 1.40 bits per heavy atom. The van der Waals surface area contributed by atoms with Gasteiger partial charge in [0.1, 0.15) is 0 Å². The van der Waals surface area contributed by atoms with E-state index in [0.717, 1.165) is 16.9 Å². The van der Waals surface area contributed by atoms with Gasteiger partial charge in [0.2, 0.25) is 11.8 Å². The highest BCUT2D eigenvalue weighted by Crippen LogP contribution is 2.30. The van der Waals surface area contributed by atoms with Gasteiger partial charge >= 0.3 is 0 Å². The highest BCUT2D eigenvalue weighted by Gasteiger charge is 2.23. The second kappa shape index (κ2) is 6.52. The molecule has 0 bridgehead atoms. The fourth-order valence-electron chi connectivity index (χ4n) is 2.31. The molecule has 0 saturated carbocycles. The molecular weight excluding hydrogens is 256 g/mol. The van der Waals surface area contributed by atoms with Crippen LogP contribution < -0.4 is 10.2 Å². The molecule has 5 heteroatoms. The largest absolute Gasteiger partial charge is 0.383 e. The van der Waals surface area contributed by atoms with E-state index >= 15 is 0 Å². The molecule has 0 spiro atoms. The van der Waals surface area contributed by atoms with Gasteiger partial charge in [-0.1, -0.05) is 6.92 Å². The van der Waals surface area contributed by atoms with E-state index in [1.807, 2.05) is 25.1 Å². The van der Waals surface area contributed by atoms with Crippen molar-refractivity contribution < 1.29 is 14.3 Å². The molecule has 108 valence electrons. The molecule has 1 aromatic carbocycles. The molecule has 1 aliphatic rings. The maximum atomic E-state index is 12.0. The third-order valence-corrected chi connectivity index (χ3v) is 3.40. The quantitative estimate of drug-likeness (QED) is 0.894. The molecule has 0 fully saturated rings. The number of ether oxygens (including phenoxy) is 1. The summed E-state index contributed by atoms with van der Waals surface area (Å²) in [6.45, 7) is 2.89. The lowest BCUT2D eigenvalue weighted by molar-refractivity contribution is -0.119. The highest BCUT2D eigenvalue weighted by molar-refractivity contribution is 5.97. The van der Waals surface area contributed by atoms with Gasteiger partial charge < -0.3 is 15.0 Å². The van der Waals surface area contributed by atoms with E-state index in [1.54, 1.807) is 12.0 Å². The van der Waals surface area contributed by atoms with E-state index in [-0.39, 0.29) is 11.8 Å². The monoisotopic (exact) mass is 276 g/mol. The van der Waals surface area contributed by atoms with Gasteiger partial charge in [0, 0.05) is 37.9 Å². The summed E-state index contributed by atoms with van der Waals surface area (Å²) in [6.07, 6.45) is 1.67. The van der Waals surface area contributed by atoms with Crippen LogP contribution in [-0.2, 0) is 20.7 Å². The molecule has 1 aliphatic heterocycles. The number of anilines is 2. The van der Waals surface area contributed by atoms with Crippen molar-refractivity contribution in [1.82, 2.24) is 0 Å². The van der Waals surface area contributed by atoms with Gasteiger partial charge in [0.05, 0.1) is 6.61 Å². The van der Waals surface area contributed by atoms with Crippen molar-refractivity contribution in [2.24, 2.45) is 0 Å². The Kier molecular flexibility index (Phi) is 4.74. The van der Waals surface area contributed by atoms with Gasteiger partial charge in [-0.25, -0.2) is 0 Å². The summed E-state index contributed by atoms with van der Waals surface area (Å²) < 4.78 is 5.05. The van der Waals surface area contributed by atoms with Gasteiger partial charge in [-0.2, -0.15) is 0 Å². The van der Waals surface area contributed by atoms with Crippen LogP contribution in [0.25, 0.3) is 0 Å². The molecule has 2 rings (SSSR count). The smallest absolute Gasteiger partial charge is 0.227 e. The van der Waals surface area contributed by atoms with Crippen LogP contribution in [-0.4, -0.2) is 32.1 Å². The molecule has 5 nitrogen and oxygen atoms in total. The van der Waals surface area contributed by atoms with Crippen molar-refractivity contribution in [2.75, 3.05) is 30.5 Å². The predicted molar refractivity (Wildman–Crippen MR) is 77.9 cm³/mol. The number of rotatable bonds is 5. The highest BCUT2D eigenvalue weighted by atomic mass is 16.5. The number of carbonyl (C=O) groups is 2. The number of benzene rings is 1. The Labute approximate surface area is 118 Å². The van der Waals surface area contributed by atoms with Crippen molar-refractivity contribution >= 4 is 23.2 Å². The van der Waals surface area contributed by atoms with E-state index in [9.17, 15) is 9.59 Å². The van der Waals surface area contributed by atoms with Crippen molar-refractivity contribution in [2.45, 2.75) is 26.2 Å². The molecule has 0 radical (unpaired) electrons. The minimum atomic E-state index is -0.00641. The van der Waals surface area contributed by atoms with E-state index in [2.05, 4.69) is 5.32 Å². The van der Waals surface area contributed by atoms with Crippen molar-refractivity contribution in [3.8, 4) is 0 Å². The lowest BCUT2D eigenvalue weighted by atomic mass is 10.0. The summed E-state index contributed by atoms with van der Waals surface area (Å²) in [6, 6.07) is 5.69. The Morgan fingerprint density at radius 2 is 2.20 bits per heavy atom. The summed E-state index contributed by atoms with van der Waals surface area (Å²) in [4.78, 5) is 25.1. The number of methoxy groups -OCH3 is 1. The Hall–Kier alpha value is -1.88. The van der Waals surface area contributed by atoms with Gasteiger partial charge in [0.25, 0.3) is 0 Å². The van der Waals surface area contributed by atoms with Gasteiger partial charge in [-0.15, -0.1) is 0 Å². The van der Waals surface area contributed by atoms with Crippen LogP contribution in [0.4, 0.5) is 11.4 Å². The molecule has 0 aliphatic carbocycles. The van der Waals surface area contributed by atoms with E-state index in [4.69, 9.17) is 4.74 Å². The fraction of sp³-hybridized carbons (Fsp3) is 0.467. The van der Waals surface area contributed by atoms with Crippen LogP contribution in [0.2, 0.25) is 0 Å². The van der Waals surface area contributed by atoms with Crippen LogP contribution in [0.15, 0.2) is 18.2 Å². The number of aryl methyl sites for hydroxylation is 1. The molecule has 0 saturated heterocycles. The van der Waals surface area contributed by atoms with Gasteiger partial charge in [-0.3, -0.25) is 9.59 Å². The van der Waals surface area contributed by atoms with Gasteiger partial charge in [0.15, 0.2) is 0 Å². The minimum absolute atomic E-state index is 0.00641. The zero-order valence-electron chi connectivity index (χ0n) is 11.9. The zero-order chi connectivity index (χ0) is 14.5. The summed E-state index contributed by atoms with van der Waals surface area (Å²) in [5, 5.41) is 2.84. The Morgan fingerprint density at radius 3 is 2.90 bits per heavy atom.